The topological polar surface area (TPSA) is 54.0 Å². The maximum atomic E-state index is 12.6. The molecular formula is C29H62O5Si3. The number of carbonyl (C=O) groups is 1. The van der Waals surface area contributed by atoms with Crippen LogP contribution in [0.1, 0.15) is 89.5 Å². The van der Waals surface area contributed by atoms with Crippen LogP contribution in [0.2, 0.25) is 54.4 Å². The van der Waals surface area contributed by atoms with Crippen molar-refractivity contribution in [2.24, 2.45) is 0 Å². The molecule has 8 heteroatoms. The van der Waals surface area contributed by atoms with Crippen LogP contribution >= 0.6 is 0 Å². The fourth-order valence-electron chi connectivity index (χ4n) is 3.15. The van der Waals surface area contributed by atoms with Crippen LogP contribution in [0.4, 0.5) is 0 Å². The lowest BCUT2D eigenvalue weighted by atomic mass is 10.1. The lowest BCUT2D eigenvalue weighted by Gasteiger charge is -2.46. The number of carbonyl (C=O) groups excluding carboxylic acids is 1. The molecule has 0 spiro atoms. The van der Waals surface area contributed by atoms with E-state index in [1.807, 2.05) is 19.9 Å². The molecule has 0 bridgehead atoms. The van der Waals surface area contributed by atoms with Crippen molar-refractivity contribution in [2.45, 2.75) is 162 Å². The van der Waals surface area contributed by atoms with Crippen LogP contribution in [-0.4, -0.2) is 55.8 Å². The van der Waals surface area contributed by atoms with Gasteiger partial charge in [0.2, 0.25) is 0 Å². The molecule has 0 aromatic rings. The smallest absolute Gasteiger partial charge is 0.333 e. The molecule has 0 amide bonds. The van der Waals surface area contributed by atoms with Gasteiger partial charge in [-0.3, -0.25) is 0 Å². The van der Waals surface area contributed by atoms with Gasteiger partial charge in [-0.05, 0) is 87.7 Å². The zero-order valence-electron chi connectivity index (χ0n) is 27.8. The summed E-state index contributed by atoms with van der Waals surface area (Å²) in [7, 11) is -6.32. The Morgan fingerprint density at radius 3 is 1.49 bits per heavy atom. The van der Waals surface area contributed by atoms with Crippen molar-refractivity contribution in [3.63, 3.8) is 0 Å². The summed E-state index contributed by atoms with van der Waals surface area (Å²) in [5.74, 6) is -0.303. The van der Waals surface area contributed by atoms with Gasteiger partial charge >= 0.3 is 5.97 Å². The van der Waals surface area contributed by atoms with E-state index in [9.17, 15) is 4.79 Å². The molecule has 0 saturated heterocycles. The molecule has 0 aliphatic rings. The van der Waals surface area contributed by atoms with Crippen LogP contribution < -0.4 is 0 Å². The van der Waals surface area contributed by atoms with Crippen molar-refractivity contribution in [1.82, 2.24) is 0 Å². The first-order chi connectivity index (χ1) is 16.2. The minimum Gasteiger partial charge on any atom is -0.463 e. The van der Waals surface area contributed by atoms with Crippen molar-refractivity contribution in [3.05, 3.63) is 11.6 Å². The van der Waals surface area contributed by atoms with Gasteiger partial charge in [0.05, 0.1) is 18.8 Å². The molecule has 0 heterocycles. The fraction of sp³-hybridized carbons (Fsp3) is 0.897. The van der Waals surface area contributed by atoms with E-state index in [0.29, 0.717) is 18.6 Å². The maximum Gasteiger partial charge on any atom is 0.333 e. The molecule has 3 atom stereocenters. The molecule has 5 nitrogen and oxygen atoms in total. The summed E-state index contributed by atoms with van der Waals surface area (Å²) >= 11 is 0. The highest BCUT2D eigenvalue weighted by molar-refractivity contribution is 6.75. The molecule has 0 saturated carbocycles. The van der Waals surface area contributed by atoms with E-state index in [1.54, 1.807) is 0 Å². The monoisotopic (exact) mass is 574 g/mol. The van der Waals surface area contributed by atoms with E-state index in [1.165, 1.54) is 0 Å². The molecule has 0 rings (SSSR count). The second-order valence-electron chi connectivity index (χ2n) is 15.3. The van der Waals surface area contributed by atoms with Crippen molar-refractivity contribution in [2.75, 3.05) is 6.61 Å². The molecule has 0 aliphatic carbocycles. The molecule has 0 radical (unpaired) electrons. The number of hydrogen-bond acceptors (Lipinski definition) is 5. The minimum absolute atomic E-state index is 0.00234. The van der Waals surface area contributed by atoms with Crippen molar-refractivity contribution in [3.8, 4) is 0 Å². The van der Waals surface area contributed by atoms with Crippen molar-refractivity contribution < 1.29 is 22.8 Å². The van der Waals surface area contributed by atoms with Gasteiger partial charge in [-0.15, -0.1) is 0 Å². The summed E-state index contributed by atoms with van der Waals surface area (Å²) in [6.45, 7) is 40.1. The second kappa shape index (κ2) is 12.9. The van der Waals surface area contributed by atoms with E-state index in [4.69, 9.17) is 18.0 Å². The first-order valence-electron chi connectivity index (χ1n) is 14.1. The quantitative estimate of drug-likeness (QED) is 0.132. The molecule has 220 valence electrons. The molecule has 0 fully saturated rings. The molecular weight excluding hydrogens is 513 g/mol. The molecule has 37 heavy (non-hydrogen) atoms. The highest BCUT2D eigenvalue weighted by Crippen LogP contribution is 2.42. The van der Waals surface area contributed by atoms with Gasteiger partial charge < -0.3 is 18.0 Å². The lowest BCUT2D eigenvalue weighted by Crippen LogP contribution is -2.53. The van der Waals surface area contributed by atoms with Crippen molar-refractivity contribution in [1.29, 1.82) is 0 Å². The Balaban J connectivity index is 6.66. The van der Waals surface area contributed by atoms with Gasteiger partial charge in [0.15, 0.2) is 25.0 Å². The van der Waals surface area contributed by atoms with Crippen LogP contribution in [0, 0.1) is 0 Å². The Kier molecular flexibility index (Phi) is 12.8. The normalized spacial score (nSPS) is 17.4. The summed E-state index contributed by atoms with van der Waals surface area (Å²) in [5, 5.41) is 0.173. The average Bonchev–Trinajstić information content (AvgIpc) is 2.63. The van der Waals surface area contributed by atoms with Crippen LogP contribution in [0.3, 0.4) is 0 Å². The largest absolute Gasteiger partial charge is 0.463 e. The predicted octanol–water partition coefficient (Wildman–Crippen LogP) is 9.08. The Labute approximate surface area is 233 Å². The van der Waals surface area contributed by atoms with Crippen LogP contribution in [0.15, 0.2) is 11.6 Å². The van der Waals surface area contributed by atoms with Crippen LogP contribution in [0.25, 0.3) is 0 Å². The van der Waals surface area contributed by atoms with E-state index >= 15 is 0 Å². The Morgan fingerprint density at radius 2 is 1.11 bits per heavy atom. The van der Waals surface area contributed by atoms with Gasteiger partial charge in [0.25, 0.3) is 0 Å². The number of esters is 1. The van der Waals surface area contributed by atoms with Gasteiger partial charge in [-0.1, -0.05) is 62.3 Å². The summed E-state index contributed by atoms with van der Waals surface area (Å²) in [6, 6.07) is 0. The summed E-state index contributed by atoms with van der Waals surface area (Å²) in [4.78, 5) is 12.6. The van der Waals surface area contributed by atoms with Gasteiger partial charge in [0, 0.05) is 11.7 Å². The number of rotatable bonds is 12. The molecule has 0 N–H and O–H groups in total. The molecule has 0 aromatic heterocycles. The number of hydrogen-bond donors (Lipinski definition) is 0. The third-order valence-electron chi connectivity index (χ3n) is 8.73. The fourth-order valence-corrected chi connectivity index (χ4v) is 7.20. The molecule has 0 unspecified atom stereocenters. The van der Waals surface area contributed by atoms with Crippen LogP contribution in [-0.2, 0) is 22.8 Å². The van der Waals surface area contributed by atoms with E-state index in [0.717, 1.165) is 0 Å². The highest BCUT2D eigenvalue weighted by Gasteiger charge is 2.45. The maximum absolute atomic E-state index is 12.6. The summed E-state index contributed by atoms with van der Waals surface area (Å²) < 4.78 is 26.2. The van der Waals surface area contributed by atoms with Gasteiger partial charge in [0.1, 0.15) is 0 Å². The minimum atomic E-state index is -2.19. The third-order valence-corrected chi connectivity index (χ3v) is 22.3. The molecule has 0 aromatic carbocycles. The standard InChI is InChI=1S/C29H62O5Si3/c1-19-31-26(30)22(2)20-24(33-36(15,16)28(7,8)9)25(34-37(17,18)29(10,11)12)21-23(3)32-35(13,14)27(4,5)6/h20,23-25H,19,21H2,1-18H3/b22-20+/t23-,24+,25+/m1/s1. The first-order valence-corrected chi connectivity index (χ1v) is 22.8. The average molecular weight is 575 g/mol. The van der Waals surface area contributed by atoms with E-state index in [-0.39, 0.29) is 39.4 Å². The number of ether oxygens (including phenoxy) is 1. The summed E-state index contributed by atoms with van der Waals surface area (Å²) in [6.07, 6.45) is 2.04. The van der Waals surface area contributed by atoms with E-state index < -0.39 is 25.0 Å². The molecule has 0 aliphatic heterocycles. The van der Waals surface area contributed by atoms with E-state index in [2.05, 4.69) is 109 Å². The first kappa shape index (κ1) is 36.7. The SMILES string of the molecule is CCOC(=O)/C(C)=C/[C@H](O[Si](C)(C)C(C)(C)C)[C@H](C[C@@H](C)O[Si](C)(C)C(C)(C)C)O[Si](C)(C)C(C)(C)C. The van der Waals surface area contributed by atoms with Crippen LogP contribution in [0.5, 0.6) is 0 Å². The van der Waals surface area contributed by atoms with Crippen molar-refractivity contribution >= 4 is 30.9 Å². The Bertz CT molecular complexity index is 768. The zero-order valence-corrected chi connectivity index (χ0v) is 30.8. The zero-order chi connectivity index (χ0) is 29.8. The predicted molar refractivity (Wildman–Crippen MR) is 167 cm³/mol. The summed E-state index contributed by atoms with van der Waals surface area (Å²) in [5.41, 5.74) is 0.562. The lowest BCUT2D eigenvalue weighted by molar-refractivity contribution is -0.138. The third kappa shape index (κ3) is 11.0. The van der Waals surface area contributed by atoms with Gasteiger partial charge in [-0.25, -0.2) is 4.79 Å². The second-order valence-corrected chi connectivity index (χ2v) is 29.5. The van der Waals surface area contributed by atoms with Gasteiger partial charge in [-0.2, -0.15) is 0 Å². The Hall–Kier alpha value is -0.259. The Morgan fingerprint density at radius 1 is 0.730 bits per heavy atom. The highest BCUT2D eigenvalue weighted by atomic mass is 28.4.